The number of hydrogen-bond acceptors (Lipinski definition) is 7. The fourth-order valence-electron chi connectivity index (χ4n) is 6.13. The third kappa shape index (κ3) is 11.1. The lowest BCUT2D eigenvalue weighted by Crippen LogP contribution is -2.37. The molecule has 0 aliphatic carbocycles. The molecule has 3 atom stereocenters. The van der Waals surface area contributed by atoms with Crippen LogP contribution in [0.15, 0.2) is 103 Å². The SMILES string of the molecule is CN(Cc1ccccc1)C[C@@H]1C[C@H](c2ccc(CO)cc2)O[C@H](c2ccc(-c3cccc(CNC(=O)CCCCCC(=O)NO)c3)cc2)O1. The lowest BCUT2D eigenvalue weighted by Gasteiger charge is -2.38. The molecule has 1 saturated heterocycles. The van der Waals surface area contributed by atoms with E-state index in [0.717, 1.165) is 59.3 Å². The fourth-order valence-corrected chi connectivity index (χ4v) is 6.13. The number of hydroxylamine groups is 1. The van der Waals surface area contributed by atoms with Gasteiger partial charge < -0.3 is 19.9 Å². The summed E-state index contributed by atoms with van der Waals surface area (Å²) in [5.41, 5.74) is 8.86. The molecule has 1 aliphatic heterocycles. The maximum absolute atomic E-state index is 12.4. The Balaban J connectivity index is 1.21. The van der Waals surface area contributed by atoms with E-state index in [-0.39, 0.29) is 31.1 Å². The number of likely N-dealkylation sites (N-methyl/N-ethyl adjacent to an activating group) is 1. The first-order chi connectivity index (χ1) is 23.9. The molecule has 1 aliphatic rings. The molecule has 1 fully saturated rings. The molecule has 2 amide bonds. The van der Waals surface area contributed by atoms with Gasteiger partial charge in [0, 0.05) is 44.5 Å². The van der Waals surface area contributed by atoms with Gasteiger partial charge in [0.2, 0.25) is 11.8 Å². The predicted octanol–water partition coefficient (Wildman–Crippen LogP) is 6.60. The van der Waals surface area contributed by atoms with Gasteiger partial charge in [-0.05, 0) is 59.3 Å². The van der Waals surface area contributed by atoms with Crippen molar-refractivity contribution in [2.45, 2.75) is 76.7 Å². The quantitative estimate of drug-likeness (QED) is 0.0605. The van der Waals surface area contributed by atoms with E-state index < -0.39 is 12.2 Å². The van der Waals surface area contributed by atoms with Crippen molar-refractivity contribution in [1.82, 2.24) is 15.7 Å². The van der Waals surface area contributed by atoms with Crippen molar-refractivity contribution >= 4 is 11.8 Å². The summed E-state index contributed by atoms with van der Waals surface area (Å²) in [5.74, 6) is -0.433. The van der Waals surface area contributed by atoms with E-state index in [2.05, 4.69) is 77.9 Å². The minimum absolute atomic E-state index is 0.00481. The maximum atomic E-state index is 12.4. The Bertz CT molecular complexity index is 1610. The number of rotatable bonds is 16. The van der Waals surface area contributed by atoms with Gasteiger partial charge in [0.25, 0.3) is 0 Å². The van der Waals surface area contributed by atoms with Crippen LogP contribution in [0.5, 0.6) is 0 Å². The molecule has 9 heteroatoms. The Morgan fingerprint density at radius 3 is 2.16 bits per heavy atom. The second kappa shape index (κ2) is 18.4. The molecule has 4 N–H and O–H groups in total. The number of amides is 2. The summed E-state index contributed by atoms with van der Waals surface area (Å²) in [7, 11) is 2.12. The Labute approximate surface area is 288 Å². The van der Waals surface area contributed by atoms with Crippen molar-refractivity contribution in [1.29, 1.82) is 0 Å². The van der Waals surface area contributed by atoms with Crippen molar-refractivity contribution in [2.75, 3.05) is 13.6 Å². The van der Waals surface area contributed by atoms with Gasteiger partial charge >= 0.3 is 0 Å². The zero-order valence-corrected chi connectivity index (χ0v) is 28.1. The molecular weight excluding hydrogens is 618 g/mol. The van der Waals surface area contributed by atoms with Gasteiger partial charge in [-0.2, -0.15) is 0 Å². The molecule has 4 aromatic rings. The molecule has 49 heavy (non-hydrogen) atoms. The van der Waals surface area contributed by atoms with Crippen molar-refractivity contribution in [3.8, 4) is 11.1 Å². The molecule has 0 bridgehead atoms. The smallest absolute Gasteiger partial charge is 0.243 e. The summed E-state index contributed by atoms with van der Waals surface area (Å²) >= 11 is 0. The minimum Gasteiger partial charge on any atom is -0.392 e. The van der Waals surface area contributed by atoms with Crippen LogP contribution in [-0.2, 0) is 38.8 Å². The van der Waals surface area contributed by atoms with Gasteiger partial charge in [0.1, 0.15) is 0 Å². The Hall–Kier alpha value is -4.38. The number of benzene rings is 4. The van der Waals surface area contributed by atoms with Crippen molar-refractivity contribution in [3.63, 3.8) is 0 Å². The average molecular weight is 666 g/mol. The number of ether oxygens (including phenoxy) is 2. The summed E-state index contributed by atoms with van der Waals surface area (Å²) < 4.78 is 13.1. The van der Waals surface area contributed by atoms with Crippen LogP contribution in [0.1, 0.15) is 78.7 Å². The van der Waals surface area contributed by atoms with Crippen LogP contribution < -0.4 is 10.8 Å². The van der Waals surface area contributed by atoms with Crippen LogP contribution in [-0.4, -0.2) is 46.7 Å². The molecule has 0 aromatic heterocycles. The van der Waals surface area contributed by atoms with Gasteiger partial charge in [-0.25, -0.2) is 5.48 Å². The number of unbranched alkanes of at least 4 members (excludes halogenated alkanes) is 2. The number of carbonyl (C=O) groups excluding carboxylic acids is 2. The third-order valence-electron chi connectivity index (χ3n) is 8.79. The fraction of sp³-hybridized carbons (Fsp3) is 0.350. The second-order valence-corrected chi connectivity index (χ2v) is 12.7. The van der Waals surface area contributed by atoms with Crippen LogP contribution in [0.2, 0.25) is 0 Å². The van der Waals surface area contributed by atoms with Crippen LogP contribution in [0.3, 0.4) is 0 Å². The zero-order chi connectivity index (χ0) is 34.4. The van der Waals surface area contributed by atoms with Gasteiger partial charge in [-0.1, -0.05) is 103 Å². The van der Waals surface area contributed by atoms with Crippen molar-refractivity contribution in [3.05, 3.63) is 131 Å². The summed E-state index contributed by atoms with van der Waals surface area (Å²) in [6.07, 6.45) is 2.70. The molecule has 0 saturated carbocycles. The van der Waals surface area contributed by atoms with Crippen LogP contribution in [0.4, 0.5) is 0 Å². The third-order valence-corrected chi connectivity index (χ3v) is 8.79. The second-order valence-electron chi connectivity index (χ2n) is 12.7. The number of aliphatic hydroxyl groups is 1. The van der Waals surface area contributed by atoms with E-state index in [1.54, 1.807) is 5.48 Å². The van der Waals surface area contributed by atoms with Gasteiger partial charge in [-0.15, -0.1) is 0 Å². The number of nitrogens with one attached hydrogen (secondary N) is 2. The number of nitrogens with zero attached hydrogens (tertiary/aromatic N) is 1. The molecule has 0 radical (unpaired) electrons. The van der Waals surface area contributed by atoms with Crippen LogP contribution in [0.25, 0.3) is 11.1 Å². The Morgan fingerprint density at radius 2 is 1.45 bits per heavy atom. The van der Waals surface area contributed by atoms with E-state index in [1.165, 1.54) is 5.56 Å². The monoisotopic (exact) mass is 665 g/mol. The first kappa shape index (κ1) is 35.9. The lowest BCUT2D eigenvalue weighted by molar-refractivity contribution is -0.252. The minimum atomic E-state index is -0.533. The zero-order valence-electron chi connectivity index (χ0n) is 28.1. The highest BCUT2D eigenvalue weighted by Crippen LogP contribution is 2.38. The van der Waals surface area contributed by atoms with Crippen LogP contribution in [0, 0.1) is 0 Å². The molecule has 5 rings (SSSR count). The largest absolute Gasteiger partial charge is 0.392 e. The first-order valence-corrected chi connectivity index (χ1v) is 17.0. The average Bonchev–Trinajstić information content (AvgIpc) is 3.14. The van der Waals surface area contributed by atoms with E-state index in [1.807, 2.05) is 42.5 Å². The standard InChI is InChI=1S/C40H47N3O6/c1-43(26-29-9-4-2-5-10-29)27-36-24-37(33-17-15-30(28-44)16-18-33)49-40(48-36)34-21-19-32(20-22-34)35-12-8-11-31(23-35)25-41-38(45)13-6-3-7-14-39(46)42-47/h2,4-5,8-12,15-23,36-37,40,44,47H,3,6-7,13-14,24-28H2,1H3,(H,41,45)(H,42,46)/t36-,37+,40+/m0/s1. The highest BCUT2D eigenvalue weighted by Gasteiger charge is 2.32. The summed E-state index contributed by atoms with van der Waals surface area (Å²) in [6, 6.07) is 34.8. The topological polar surface area (TPSA) is 120 Å². The molecule has 258 valence electrons. The molecular formula is C40H47N3O6. The highest BCUT2D eigenvalue weighted by molar-refractivity contribution is 5.76. The van der Waals surface area contributed by atoms with E-state index in [9.17, 15) is 14.7 Å². The normalized spacial score (nSPS) is 17.5. The lowest BCUT2D eigenvalue weighted by atomic mass is 9.99. The maximum Gasteiger partial charge on any atom is 0.243 e. The summed E-state index contributed by atoms with van der Waals surface area (Å²) in [4.78, 5) is 25.7. The van der Waals surface area contributed by atoms with Gasteiger partial charge in [-0.3, -0.25) is 19.7 Å². The van der Waals surface area contributed by atoms with Crippen molar-refractivity contribution in [2.24, 2.45) is 0 Å². The number of hydrogen-bond donors (Lipinski definition) is 4. The summed E-state index contributed by atoms with van der Waals surface area (Å²) in [6.45, 7) is 2.02. The molecule has 1 heterocycles. The van der Waals surface area contributed by atoms with E-state index >= 15 is 0 Å². The van der Waals surface area contributed by atoms with E-state index in [4.69, 9.17) is 14.7 Å². The predicted molar refractivity (Wildman–Crippen MR) is 188 cm³/mol. The van der Waals surface area contributed by atoms with Crippen LogP contribution >= 0.6 is 0 Å². The van der Waals surface area contributed by atoms with Crippen molar-refractivity contribution < 1.29 is 29.4 Å². The van der Waals surface area contributed by atoms with Gasteiger partial charge in [0.05, 0.1) is 18.8 Å². The number of carbonyl (C=O) groups is 2. The Kier molecular flexibility index (Phi) is 13.5. The molecule has 4 aromatic carbocycles. The molecule has 0 spiro atoms. The number of aliphatic hydroxyl groups excluding tert-OH is 1. The molecule has 9 nitrogen and oxygen atoms in total. The highest BCUT2D eigenvalue weighted by atomic mass is 16.7. The Morgan fingerprint density at radius 1 is 0.755 bits per heavy atom. The van der Waals surface area contributed by atoms with E-state index in [0.29, 0.717) is 25.8 Å². The van der Waals surface area contributed by atoms with Gasteiger partial charge in [0.15, 0.2) is 6.29 Å². The summed E-state index contributed by atoms with van der Waals surface area (Å²) in [5, 5.41) is 21.1. The first-order valence-electron chi connectivity index (χ1n) is 17.0. The molecule has 0 unspecified atom stereocenters.